The van der Waals surface area contributed by atoms with Gasteiger partial charge in [0.1, 0.15) is 0 Å². The van der Waals surface area contributed by atoms with Crippen molar-refractivity contribution in [3.63, 3.8) is 0 Å². The molecule has 1 amide bonds. The lowest BCUT2D eigenvalue weighted by Gasteiger charge is -2.19. The fraction of sp³-hybridized carbons (Fsp3) is 0.250. The SMILES string of the molecule is CN(c1ccccc1)S(=O)(=O)c1ccc(C(=O)NCC2=CCNCC2)cc1. The first-order valence-electron chi connectivity index (χ1n) is 8.79. The van der Waals surface area contributed by atoms with Crippen molar-refractivity contribution in [2.24, 2.45) is 0 Å². The van der Waals surface area contributed by atoms with Crippen LogP contribution in [0.3, 0.4) is 0 Å². The van der Waals surface area contributed by atoms with E-state index in [0.717, 1.165) is 19.5 Å². The molecule has 2 N–H and O–H groups in total. The normalized spacial score (nSPS) is 14.3. The molecular weight excluding hydrogens is 362 g/mol. The summed E-state index contributed by atoms with van der Waals surface area (Å²) in [5, 5.41) is 6.11. The summed E-state index contributed by atoms with van der Waals surface area (Å²) in [6.07, 6.45) is 3.00. The van der Waals surface area contributed by atoms with Gasteiger partial charge in [-0.3, -0.25) is 9.10 Å². The molecule has 0 fully saturated rings. The van der Waals surface area contributed by atoms with Gasteiger partial charge in [-0.2, -0.15) is 0 Å². The van der Waals surface area contributed by atoms with Gasteiger partial charge < -0.3 is 10.6 Å². The number of amides is 1. The highest BCUT2D eigenvalue weighted by molar-refractivity contribution is 7.92. The van der Waals surface area contributed by atoms with Crippen molar-refractivity contribution >= 4 is 21.6 Å². The predicted molar refractivity (Wildman–Crippen MR) is 106 cm³/mol. The lowest BCUT2D eigenvalue weighted by atomic mass is 10.1. The zero-order valence-corrected chi connectivity index (χ0v) is 16.0. The quantitative estimate of drug-likeness (QED) is 0.747. The highest BCUT2D eigenvalue weighted by Gasteiger charge is 2.21. The molecule has 1 aliphatic heterocycles. The number of rotatable bonds is 6. The first kappa shape index (κ1) is 19.1. The van der Waals surface area contributed by atoms with Crippen LogP contribution in [0.25, 0.3) is 0 Å². The second-order valence-electron chi connectivity index (χ2n) is 6.33. The molecule has 0 saturated carbocycles. The Bertz CT molecular complexity index is 923. The lowest BCUT2D eigenvalue weighted by Crippen LogP contribution is -2.29. The fourth-order valence-corrected chi connectivity index (χ4v) is 4.03. The number of nitrogens with one attached hydrogen (secondary N) is 2. The van der Waals surface area contributed by atoms with Crippen LogP contribution >= 0.6 is 0 Å². The van der Waals surface area contributed by atoms with Crippen LogP contribution in [0.5, 0.6) is 0 Å². The number of sulfonamides is 1. The summed E-state index contributed by atoms with van der Waals surface area (Å²) in [4.78, 5) is 12.4. The second-order valence-corrected chi connectivity index (χ2v) is 8.30. The van der Waals surface area contributed by atoms with Gasteiger partial charge in [-0.15, -0.1) is 0 Å². The summed E-state index contributed by atoms with van der Waals surface area (Å²) >= 11 is 0. The maximum atomic E-state index is 12.8. The Balaban J connectivity index is 1.68. The van der Waals surface area contributed by atoms with Gasteiger partial charge in [-0.05, 0) is 49.4 Å². The van der Waals surface area contributed by atoms with E-state index in [1.807, 2.05) is 6.07 Å². The Morgan fingerprint density at radius 1 is 1.11 bits per heavy atom. The number of carbonyl (C=O) groups excluding carboxylic acids is 1. The molecule has 2 aromatic rings. The average molecular weight is 385 g/mol. The molecule has 0 spiro atoms. The van der Waals surface area contributed by atoms with E-state index in [4.69, 9.17) is 0 Å². The number of nitrogens with zero attached hydrogens (tertiary/aromatic N) is 1. The van der Waals surface area contributed by atoms with Crippen molar-refractivity contribution in [2.75, 3.05) is 31.0 Å². The van der Waals surface area contributed by atoms with Crippen LogP contribution < -0.4 is 14.9 Å². The summed E-state index contributed by atoms with van der Waals surface area (Å²) in [5.74, 6) is -0.213. The molecular formula is C20H23N3O3S. The zero-order chi connectivity index (χ0) is 19.3. The molecule has 2 aromatic carbocycles. The van der Waals surface area contributed by atoms with E-state index in [9.17, 15) is 13.2 Å². The molecule has 0 aromatic heterocycles. The summed E-state index contributed by atoms with van der Waals surface area (Å²) < 4.78 is 26.7. The van der Waals surface area contributed by atoms with Crippen LogP contribution in [0, 0.1) is 0 Å². The minimum absolute atomic E-state index is 0.145. The van der Waals surface area contributed by atoms with Crippen LogP contribution in [-0.4, -0.2) is 41.0 Å². The third kappa shape index (κ3) is 4.56. The number of para-hydroxylation sites is 1. The van der Waals surface area contributed by atoms with E-state index in [2.05, 4.69) is 16.7 Å². The lowest BCUT2D eigenvalue weighted by molar-refractivity contribution is 0.0956. The molecule has 6 nitrogen and oxygen atoms in total. The van der Waals surface area contributed by atoms with Crippen LogP contribution in [0.4, 0.5) is 5.69 Å². The minimum atomic E-state index is -3.68. The smallest absolute Gasteiger partial charge is 0.264 e. The topological polar surface area (TPSA) is 78.5 Å². The number of anilines is 1. The van der Waals surface area contributed by atoms with E-state index in [1.54, 1.807) is 24.3 Å². The van der Waals surface area contributed by atoms with Gasteiger partial charge in [0.2, 0.25) is 0 Å². The molecule has 1 aliphatic rings. The van der Waals surface area contributed by atoms with Gasteiger partial charge >= 0.3 is 0 Å². The number of benzene rings is 2. The molecule has 0 aliphatic carbocycles. The summed E-state index contributed by atoms with van der Waals surface area (Å²) in [6.45, 7) is 2.26. The van der Waals surface area contributed by atoms with E-state index < -0.39 is 10.0 Å². The van der Waals surface area contributed by atoms with E-state index in [0.29, 0.717) is 17.8 Å². The van der Waals surface area contributed by atoms with Gasteiger partial charge in [0, 0.05) is 25.7 Å². The van der Waals surface area contributed by atoms with Crippen LogP contribution in [-0.2, 0) is 10.0 Å². The maximum Gasteiger partial charge on any atom is 0.264 e. The first-order valence-corrected chi connectivity index (χ1v) is 10.2. The van der Waals surface area contributed by atoms with Gasteiger partial charge in [0.25, 0.3) is 15.9 Å². The molecule has 27 heavy (non-hydrogen) atoms. The molecule has 1 heterocycles. The van der Waals surface area contributed by atoms with Gasteiger partial charge in [0.05, 0.1) is 10.6 Å². The Kier molecular flexibility index (Phi) is 5.93. The van der Waals surface area contributed by atoms with Crippen molar-refractivity contribution < 1.29 is 13.2 Å². The van der Waals surface area contributed by atoms with Crippen molar-refractivity contribution in [2.45, 2.75) is 11.3 Å². The van der Waals surface area contributed by atoms with Gasteiger partial charge in [-0.1, -0.05) is 29.8 Å². The molecule has 3 rings (SSSR count). The molecule has 0 atom stereocenters. The van der Waals surface area contributed by atoms with Gasteiger partial charge in [0.15, 0.2) is 0 Å². The molecule has 0 saturated heterocycles. The van der Waals surface area contributed by atoms with E-state index in [-0.39, 0.29) is 10.8 Å². The second kappa shape index (κ2) is 8.37. The number of carbonyl (C=O) groups is 1. The molecule has 142 valence electrons. The van der Waals surface area contributed by atoms with Crippen LogP contribution in [0.1, 0.15) is 16.8 Å². The number of hydrogen-bond acceptors (Lipinski definition) is 4. The van der Waals surface area contributed by atoms with E-state index >= 15 is 0 Å². The van der Waals surface area contributed by atoms with Crippen molar-refractivity contribution in [3.05, 3.63) is 71.8 Å². The average Bonchev–Trinajstić information content (AvgIpc) is 2.73. The van der Waals surface area contributed by atoms with Crippen molar-refractivity contribution in [3.8, 4) is 0 Å². The maximum absolute atomic E-state index is 12.8. The molecule has 0 bridgehead atoms. The Morgan fingerprint density at radius 2 is 1.81 bits per heavy atom. The Labute approximate surface area is 159 Å². The van der Waals surface area contributed by atoms with Crippen molar-refractivity contribution in [1.82, 2.24) is 10.6 Å². The molecule has 0 unspecified atom stereocenters. The number of hydrogen-bond donors (Lipinski definition) is 2. The first-order chi connectivity index (χ1) is 13.0. The summed E-state index contributed by atoms with van der Waals surface area (Å²) in [6, 6.07) is 14.9. The van der Waals surface area contributed by atoms with Crippen LogP contribution in [0.2, 0.25) is 0 Å². The third-order valence-electron chi connectivity index (χ3n) is 4.53. The Morgan fingerprint density at radius 3 is 2.44 bits per heavy atom. The van der Waals surface area contributed by atoms with E-state index in [1.165, 1.54) is 41.2 Å². The third-order valence-corrected chi connectivity index (χ3v) is 6.33. The zero-order valence-electron chi connectivity index (χ0n) is 15.2. The van der Waals surface area contributed by atoms with Gasteiger partial charge in [-0.25, -0.2) is 8.42 Å². The summed E-state index contributed by atoms with van der Waals surface area (Å²) in [5.41, 5.74) is 2.21. The fourth-order valence-electron chi connectivity index (χ4n) is 2.84. The minimum Gasteiger partial charge on any atom is -0.348 e. The molecule has 0 radical (unpaired) electrons. The van der Waals surface area contributed by atoms with Crippen LogP contribution in [0.15, 0.2) is 71.1 Å². The largest absolute Gasteiger partial charge is 0.348 e. The Hall–Kier alpha value is -2.64. The molecule has 7 heteroatoms. The highest BCUT2D eigenvalue weighted by atomic mass is 32.2. The summed E-state index contributed by atoms with van der Waals surface area (Å²) in [7, 11) is -2.17. The predicted octanol–water partition coefficient (Wildman–Crippen LogP) is 2.16. The standard InChI is InChI=1S/C20H23N3O3S/c1-23(18-5-3-2-4-6-18)27(25,26)19-9-7-17(8-10-19)20(24)22-15-16-11-13-21-14-12-16/h2-11,21H,12-15H2,1H3,(H,22,24). The highest BCUT2D eigenvalue weighted by Crippen LogP contribution is 2.21. The van der Waals surface area contributed by atoms with Crippen molar-refractivity contribution in [1.29, 1.82) is 0 Å². The monoisotopic (exact) mass is 385 g/mol.